The molecule has 0 unspecified atom stereocenters. The van der Waals surface area contributed by atoms with Crippen LogP contribution in [0.3, 0.4) is 0 Å². The molecule has 0 aliphatic carbocycles. The van der Waals surface area contributed by atoms with Crippen LogP contribution < -0.4 is 4.72 Å². The summed E-state index contributed by atoms with van der Waals surface area (Å²) in [5.74, 6) is -0.475. The van der Waals surface area contributed by atoms with E-state index in [9.17, 15) is 12.8 Å². The highest BCUT2D eigenvalue weighted by molar-refractivity contribution is 7.92. The van der Waals surface area contributed by atoms with Crippen molar-refractivity contribution in [3.05, 3.63) is 60.4 Å². The van der Waals surface area contributed by atoms with Crippen LogP contribution in [0.15, 0.2) is 53.4 Å². The van der Waals surface area contributed by atoms with E-state index in [-0.39, 0.29) is 4.90 Å². The Morgan fingerprint density at radius 2 is 1.82 bits per heavy atom. The van der Waals surface area contributed by atoms with Crippen molar-refractivity contribution in [1.29, 1.82) is 0 Å². The first kappa shape index (κ1) is 11.6. The summed E-state index contributed by atoms with van der Waals surface area (Å²) in [5, 5.41) is 0. The van der Waals surface area contributed by atoms with Crippen molar-refractivity contribution in [2.75, 3.05) is 4.72 Å². The first-order valence-electron chi connectivity index (χ1n) is 4.82. The minimum absolute atomic E-state index is 0.0164. The molecule has 0 heterocycles. The second-order valence-corrected chi connectivity index (χ2v) is 5.03. The zero-order chi connectivity index (χ0) is 12.3. The standard InChI is InChI=1S/C12H9FNO2S/c13-10-6-8-12(9-7-10)17(15,16)14-11-4-2-1-3-5-11/h1-2,4-9,14H. The third-order valence-electron chi connectivity index (χ3n) is 2.08. The van der Waals surface area contributed by atoms with Gasteiger partial charge in [-0.2, -0.15) is 0 Å². The van der Waals surface area contributed by atoms with Gasteiger partial charge in [-0.3, -0.25) is 4.72 Å². The molecule has 2 aromatic carbocycles. The zero-order valence-corrected chi connectivity index (χ0v) is 9.54. The van der Waals surface area contributed by atoms with Gasteiger partial charge in [0, 0.05) is 5.69 Å². The van der Waals surface area contributed by atoms with Gasteiger partial charge in [-0.1, -0.05) is 12.1 Å². The summed E-state index contributed by atoms with van der Waals surface area (Å²) in [6.07, 6.45) is 0. The third kappa shape index (κ3) is 2.82. The summed E-state index contributed by atoms with van der Waals surface area (Å²) >= 11 is 0. The molecule has 2 rings (SSSR count). The van der Waals surface area contributed by atoms with Crippen LogP contribution in [-0.4, -0.2) is 8.42 Å². The van der Waals surface area contributed by atoms with E-state index in [2.05, 4.69) is 10.8 Å². The lowest BCUT2D eigenvalue weighted by molar-refractivity contribution is 0.599. The highest BCUT2D eigenvalue weighted by Crippen LogP contribution is 2.15. The molecule has 0 aliphatic heterocycles. The van der Waals surface area contributed by atoms with E-state index in [0.717, 1.165) is 12.1 Å². The monoisotopic (exact) mass is 250 g/mol. The van der Waals surface area contributed by atoms with E-state index in [1.807, 2.05) is 0 Å². The molecule has 17 heavy (non-hydrogen) atoms. The lowest BCUT2D eigenvalue weighted by Crippen LogP contribution is -2.12. The van der Waals surface area contributed by atoms with Crippen LogP contribution in [0, 0.1) is 11.9 Å². The molecule has 0 aromatic heterocycles. The summed E-state index contributed by atoms with van der Waals surface area (Å²) in [6.45, 7) is 0. The Morgan fingerprint density at radius 3 is 2.41 bits per heavy atom. The molecule has 0 spiro atoms. The Hall–Kier alpha value is -1.88. The van der Waals surface area contributed by atoms with Crippen molar-refractivity contribution in [1.82, 2.24) is 0 Å². The SMILES string of the molecule is O=S(=O)(Nc1c[c]ccc1)c1ccc(F)cc1. The van der Waals surface area contributed by atoms with Crippen LogP contribution in [-0.2, 0) is 10.0 Å². The van der Waals surface area contributed by atoms with Gasteiger partial charge in [0.05, 0.1) is 4.90 Å². The van der Waals surface area contributed by atoms with E-state index < -0.39 is 15.8 Å². The molecule has 0 saturated carbocycles. The number of hydrogen-bond donors (Lipinski definition) is 1. The molecule has 0 fully saturated rings. The lowest BCUT2D eigenvalue weighted by Gasteiger charge is -2.07. The number of anilines is 1. The predicted molar refractivity (Wildman–Crippen MR) is 62.5 cm³/mol. The summed E-state index contributed by atoms with van der Waals surface area (Å²) in [6, 6.07) is 13.8. The number of rotatable bonds is 3. The average molecular weight is 250 g/mol. The normalized spacial score (nSPS) is 11.1. The second-order valence-electron chi connectivity index (χ2n) is 3.35. The fourth-order valence-electron chi connectivity index (χ4n) is 1.28. The van der Waals surface area contributed by atoms with Gasteiger partial charge in [0.15, 0.2) is 0 Å². The summed E-state index contributed by atoms with van der Waals surface area (Å²) in [4.78, 5) is 0.0164. The van der Waals surface area contributed by atoms with Crippen LogP contribution in [0.1, 0.15) is 0 Å². The van der Waals surface area contributed by atoms with Crippen molar-refractivity contribution < 1.29 is 12.8 Å². The van der Waals surface area contributed by atoms with Crippen LogP contribution in [0.2, 0.25) is 0 Å². The van der Waals surface area contributed by atoms with E-state index in [1.165, 1.54) is 18.2 Å². The van der Waals surface area contributed by atoms with E-state index in [0.29, 0.717) is 5.69 Å². The number of benzene rings is 2. The third-order valence-corrected chi connectivity index (χ3v) is 3.48. The highest BCUT2D eigenvalue weighted by atomic mass is 32.2. The van der Waals surface area contributed by atoms with Crippen molar-refractivity contribution in [3.8, 4) is 0 Å². The summed E-state index contributed by atoms with van der Waals surface area (Å²) in [5.41, 5.74) is 0.414. The molecular formula is C12H9FNO2S. The average Bonchev–Trinajstić information content (AvgIpc) is 2.30. The van der Waals surface area contributed by atoms with Gasteiger partial charge < -0.3 is 0 Å². The van der Waals surface area contributed by atoms with Crippen molar-refractivity contribution >= 4 is 15.7 Å². The molecule has 3 nitrogen and oxygen atoms in total. The first-order valence-corrected chi connectivity index (χ1v) is 6.31. The quantitative estimate of drug-likeness (QED) is 0.909. The van der Waals surface area contributed by atoms with Crippen LogP contribution >= 0.6 is 0 Å². The molecule has 0 atom stereocenters. The topological polar surface area (TPSA) is 46.2 Å². The van der Waals surface area contributed by atoms with Crippen LogP contribution in [0.25, 0.3) is 0 Å². The van der Waals surface area contributed by atoms with Crippen LogP contribution in [0.4, 0.5) is 10.1 Å². The number of nitrogens with one attached hydrogen (secondary N) is 1. The fraction of sp³-hybridized carbons (Fsp3) is 0. The van der Waals surface area contributed by atoms with Gasteiger partial charge in [-0.15, -0.1) is 0 Å². The number of halogens is 1. The highest BCUT2D eigenvalue weighted by Gasteiger charge is 2.13. The Kier molecular flexibility index (Phi) is 3.10. The maximum atomic E-state index is 12.7. The molecule has 2 aromatic rings. The van der Waals surface area contributed by atoms with Gasteiger partial charge in [-0.25, -0.2) is 12.8 Å². The second kappa shape index (κ2) is 4.55. The Balaban J connectivity index is 2.29. The molecule has 0 bridgehead atoms. The Morgan fingerprint density at radius 1 is 1.12 bits per heavy atom. The number of sulfonamides is 1. The molecule has 0 aliphatic rings. The maximum absolute atomic E-state index is 12.7. The van der Waals surface area contributed by atoms with Gasteiger partial charge >= 0.3 is 0 Å². The van der Waals surface area contributed by atoms with Crippen molar-refractivity contribution in [2.24, 2.45) is 0 Å². The molecule has 0 saturated heterocycles. The fourth-order valence-corrected chi connectivity index (χ4v) is 2.33. The lowest BCUT2D eigenvalue weighted by atomic mass is 10.3. The maximum Gasteiger partial charge on any atom is 0.261 e. The van der Waals surface area contributed by atoms with Gasteiger partial charge in [0.25, 0.3) is 10.0 Å². The molecule has 5 heteroatoms. The zero-order valence-electron chi connectivity index (χ0n) is 8.72. The predicted octanol–water partition coefficient (Wildman–Crippen LogP) is 2.43. The van der Waals surface area contributed by atoms with Crippen molar-refractivity contribution in [3.63, 3.8) is 0 Å². The van der Waals surface area contributed by atoms with E-state index in [4.69, 9.17) is 0 Å². The Bertz CT molecular complexity index is 594. The summed E-state index contributed by atoms with van der Waals surface area (Å²) in [7, 11) is -3.67. The largest absolute Gasteiger partial charge is 0.280 e. The minimum atomic E-state index is -3.67. The molecule has 1 radical (unpaired) electrons. The molecular weight excluding hydrogens is 241 g/mol. The molecule has 87 valence electrons. The molecule has 1 N–H and O–H groups in total. The van der Waals surface area contributed by atoms with E-state index in [1.54, 1.807) is 18.2 Å². The van der Waals surface area contributed by atoms with Crippen LogP contribution in [0.5, 0.6) is 0 Å². The Labute approximate surface area is 99.0 Å². The smallest absolute Gasteiger partial charge is 0.261 e. The van der Waals surface area contributed by atoms with Gasteiger partial charge in [-0.05, 0) is 42.5 Å². The minimum Gasteiger partial charge on any atom is -0.280 e. The molecule has 0 amide bonds. The van der Waals surface area contributed by atoms with E-state index >= 15 is 0 Å². The van der Waals surface area contributed by atoms with Crippen molar-refractivity contribution in [2.45, 2.75) is 4.90 Å². The first-order chi connectivity index (χ1) is 8.08. The number of hydrogen-bond acceptors (Lipinski definition) is 2. The summed E-state index contributed by atoms with van der Waals surface area (Å²) < 4.78 is 38.8. The van der Waals surface area contributed by atoms with Gasteiger partial charge in [0.2, 0.25) is 0 Å². The van der Waals surface area contributed by atoms with Gasteiger partial charge in [0.1, 0.15) is 5.82 Å².